The molecule has 0 unspecified atom stereocenters. The van der Waals surface area contributed by atoms with Crippen LogP contribution in [0.4, 0.5) is 5.69 Å². The van der Waals surface area contributed by atoms with E-state index < -0.39 is 10.0 Å². The number of benzene rings is 1. The van der Waals surface area contributed by atoms with E-state index in [0.717, 1.165) is 29.6 Å². The van der Waals surface area contributed by atoms with Gasteiger partial charge >= 0.3 is 0 Å². The van der Waals surface area contributed by atoms with Crippen molar-refractivity contribution in [3.05, 3.63) is 45.1 Å². The molecule has 1 amide bonds. The fourth-order valence-corrected chi connectivity index (χ4v) is 5.08. The molecule has 0 spiro atoms. The molecule has 144 valence electrons. The molecule has 2 aromatic rings. The van der Waals surface area contributed by atoms with Crippen LogP contribution >= 0.6 is 27.3 Å². The van der Waals surface area contributed by atoms with E-state index in [1.165, 1.54) is 23.5 Å². The Labute approximate surface area is 171 Å². The van der Waals surface area contributed by atoms with Gasteiger partial charge in [-0.05, 0) is 53.0 Å². The number of hydrogen-bond acceptors (Lipinski definition) is 4. The van der Waals surface area contributed by atoms with Gasteiger partial charge in [-0.1, -0.05) is 12.5 Å². The second kappa shape index (κ2) is 8.53. The Hall–Kier alpha value is -1.71. The topological polar surface area (TPSA) is 78.8 Å². The van der Waals surface area contributed by atoms with Gasteiger partial charge in [0.15, 0.2) is 0 Å². The first-order valence-corrected chi connectivity index (χ1v) is 11.7. The van der Waals surface area contributed by atoms with Crippen molar-refractivity contribution >= 4 is 54.7 Å². The summed E-state index contributed by atoms with van der Waals surface area (Å²) in [6.07, 6.45) is 3.70. The van der Waals surface area contributed by atoms with Crippen molar-refractivity contribution in [1.82, 2.24) is 4.90 Å². The van der Waals surface area contributed by atoms with E-state index in [-0.39, 0.29) is 10.8 Å². The minimum absolute atomic E-state index is 0.0666. The average Bonchev–Trinajstić information content (AvgIpc) is 2.97. The minimum atomic E-state index is -3.84. The lowest BCUT2D eigenvalue weighted by Gasteiger charge is -2.17. The van der Waals surface area contributed by atoms with Crippen molar-refractivity contribution in [1.29, 1.82) is 0 Å². The molecule has 1 aliphatic rings. The number of thiophene rings is 1. The van der Waals surface area contributed by atoms with Crippen molar-refractivity contribution in [3.63, 3.8) is 0 Å². The molecule has 0 aliphatic carbocycles. The highest BCUT2D eigenvalue weighted by Crippen LogP contribution is 2.23. The Morgan fingerprint density at radius 3 is 2.81 bits per heavy atom. The van der Waals surface area contributed by atoms with Crippen molar-refractivity contribution in [2.75, 3.05) is 18.9 Å². The summed E-state index contributed by atoms with van der Waals surface area (Å²) >= 11 is 4.73. The minimum Gasteiger partial charge on any atom is -0.362 e. The number of sulfonamides is 1. The maximum atomic E-state index is 12.7. The molecule has 27 heavy (non-hydrogen) atoms. The number of likely N-dealkylation sites (tertiary alicyclic amines) is 1. The van der Waals surface area contributed by atoms with E-state index in [1.807, 2.05) is 11.9 Å². The van der Waals surface area contributed by atoms with Crippen molar-refractivity contribution in [2.24, 2.45) is 4.40 Å². The molecule has 2 heterocycles. The molecule has 9 heteroatoms. The Morgan fingerprint density at radius 2 is 2.07 bits per heavy atom. The van der Waals surface area contributed by atoms with Gasteiger partial charge in [-0.25, -0.2) is 0 Å². The molecule has 0 saturated carbocycles. The van der Waals surface area contributed by atoms with Crippen LogP contribution < -0.4 is 5.32 Å². The Bertz CT molecular complexity index is 970. The fraction of sp³-hybridized carbons (Fsp3) is 0.333. The van der Waals surface area contributed by atoms with Gasteiger partial charge in [0.05, 0.1) is 14.2 Å². The van der Waals surface area contributed by atoms with Crippen LogP contribution in [-0.4, -0.2) is 38.7 Å². The third-order valence-corrected chi connectivity index (χ3v) is 7.08. The van der Waals surface area contributed by atoms with Gasteiger partial charge in [-0.15, -0.1) is 15.7 Å². The maximum absolute atomic E-state index is 12.7. The number of amides is 1. The van der Waals surface area contributed by atoms with E-state index >= 15 is 0 Å². The van der Waals surface area contributed by atoms with Crippen LogP contribution in [-0.2, 0) is 10.0 Å². The lowest BCUT2D eigenvalue weighted by Crippen LogP contribution is -2.26. The fourth-order valence-electron chi connectivity index (χ4n) is 2.80. The number of rotatable bonds is 4. The molecular formula is C18H20BrN3O3S2. The first-order valence-electron chi connectivity index (χ1n) is 8.55. The summed E-state index contributed by atoms with van der Waals surface area (Å²) in [5.41, 5.74) is 0.929. The summed E-state index contributed by atoms with van der Waals surface area (Å²) in [6.45, 7) is 0.806. The first kappa shape index (κ1) is 20.0. The lowest BCUT2D eigenvalue weighted by atomic mass is 10.2. The van der Waals surface area contributed by atoms with Crippen molar-refractivity contribution in [2.45, 2.75) is 30.6 Å². The van der Waals surface area contributed by atoms with Crippen LogP contribution in [0, 0.1) is 0 Å². The predicted molar refractivity (Wildman–Crippen MR) is 112 cm³/mol. The molecule has 1 N–H and O–H groups in total. The summed E-state index contributed by atoms with van der Waals surface area (Å²) in [4.78, 5) is 14.3. The summed E-state index contributed by atoms with van der Waals surface area (Å²) in [6, 6.07) is 7.91. The molecule has 3 rings (SSSR count). The molecule has 1 aromatic carbocycles. The predicted octanol–water partition coefficient (Wildman–Crippen LogP) is 4.36. The first-order chi connectivity index (χ1) is 12.8. The average molecular weight is 470 g/mol. The van der Waals surface area contributed by atoms with Crippen LogP contribution in [0.1, 0.15) is 36.0 Å². The van der Waals surface area contributed by atoms with E-state index in [2.05, 4.69) is 25.6 Å². The van der Waals surface area contributed by atoms with E-state index in [9.17, 15) is 13.2 Å². The molecule has 6 nitrogen and oxygen atoms in total. The summed E-state index contributed by atoms with van der Waals surface area (Å²) in [7, 11) is -1.97. The Kier molecular flexibility index (Phi) is 6.33. The Morgan fingerprint density at radius 1 is 1.26 bits per heavy atom. The Balaban J connectivity index is 1.82. The van der Waals surface area contributed by atoms with E-state index in [1.54, 1.807) is 23.6 Å². The quantitative estimate of drug-likeness (QED) is 0.721. The van der Waals surface area contributed by atoms with Crippen LogP contribution in [0.2, 0.25) is 0 Å². The maximum Gasteiger partial charge on any atom is 0.284 e. The molecule has 0 bridgehead atoms. The SMILES string of the molecule is CN1CCCCCC1=NS(=O)(=O)c1cccc(NC(=O)c2csc(Br)c2)c1. The molecule has 1 aliphatic heterocycles. The monoisotopic (exact) mass is 469 g/mol. The highest BCUT2D eigenvalue weighted by atomic mass is 79.9. The second-order valence-electron chi connectivity index (χ2n) is 6.34. The highest BCUT2D eigenvalue weighted by molar-refractivity contribution is 9.11. The van der Waals surface area contributed by atoms with Crippen LogP contribution in [0.3, 0.4) is 0 Å². The number of amidine groups is 1. The van der Waals surface area contributed by atoms with Crippen LogP contribution in [0.5, 0.6) is 0 Å². The number of carbonyl (C=O) groups is 1. The number of carbonyl (C=O) groups excluding carboxylic acids is 1. The number of anilines is 1. The normalized spacial score (nSPS) is 17.0. The molecular weight excluding hydrogens is 450 g/mol. The second-order valence-corrected chi connectivity index (χ2v) is 10.2. The number of nitrogens with one attached hydrogen (secondary N) is 1. The third kappa shape index (κ3) is 5.18. The van der Waals surface area contributed by atoms with Gasteiger partial charge in [0.2, 0.25) is 0 Å². The van der Waals surface area contributed by atoms with Crippen molar-refractivity contribution < 1.29 is 13.2 Å². The van der Waals surface area contributed by atoms with Gasteiger partial charge in [0, 0.05) is 31.1 Å². The standard InChI is InChI=1S/C18H20BrN3O3S2/c1-22-9-4-2-3-8-17(22)21-27(24,25)15-7-5-6-14(11-15)20-18(23)13-10-16(19)26-12-13/h5-7,10-12H,2-4,8-9H2,1H3,(H,20,23). The zero-order valence-corrected chi connectivity index (χ0v) is 18.0. The number of hydrogen-bond donors (Lipinski definition) is 1. The van der Waals surface area contributed by atoms with Crippen LogP contribution in [0.25, 0.3) is 0 Å². The summed E-state index contributed by atoms with van der Waals surface area (Å²) in [5, 5.41) is 4.46. The van der Waals surface area contributed by atoms with E-state index in [4.69, 9.17) is 0 Å². The summed E-state index contributed by atoms with van der Waals surface area (Å²) in [5.74, 6) is 0.298. The van der Waals surface area contributed by atoms with Gasteiger partial charge in [0.25, 0.3) is 15.9 Å². The van der Waals surface area contributed by atoms with Crippen LogP contribution in [0.15, 0.2) is 48.8 Å². The largest absolute Gasteiger partial charge is 0.362 e. The summed E-state index contributed by atoms with van der Waals surface area (Å²) < 4.78 is 30.4. The number of halogens is 1. The highest BCUT2D eigenvalue weighted by Gasteiger charge is 2.19. The lowest BCUT2D eigenvalue weighted by molar-refractivity contribution is 0.102. The zero-order valence-electron chi connectivity index (χ0n) is 14.8. The molecule has 1 fully saturated rings. The van der Waals surface area contributed by atoms with E-state index in [0.29, 0.717) is 23.5 Å². The molecule has 0 atom stereocenters. The smallest absolute Gasteiger partial charge is 0.284 e. The van der Waals surface area contributed by atoms with Gasteiger partial charge in [0.1, 0.15) is 5.84 Å². The molecule has 1 saturated heterocycles. The number of nitrogens with zero attached hydrogens (tertiary/aromatic N) is 2. The van der Waals surface area contributed by atoms with Gasteiger partial charge in [-0.2, -0.15) is 8.42 Å². The van der Waals surface area contributed by atoms with Gasteiger partial charge in [-0.3, -0.25) is 4.79 Å². The molecule has 0 radical (unpaired) electrons. The molecule has 1 aromatic heterocycles. The zero-order chi connectivity index (χ0) is 19.4. The van der Waals surface area contributed by atoms with Crippen molar-refractivity contribution in [3.8, 4) is 0 Å². The van der Waals surface area contributed by atoms with Gasteiger partial charge < -0.3 is 10.2 Å². The third-order valence-electron chi connectivity index (χ3n) is 4.28.